The van der Waals surface area contributed by atoms with E-state index in [2.05, 4.69) is 15.7 Å². The average Bonchev–Trinajstić information content (AvgIpc) is 3.08. The molecular weight excluding hydrogens is 388 g/mol. The molecule has 0 atom stereocenters. The van der Waals surface area contributed by atoms with E-state index in [1.807, 2.05) is 57.2 Å². The van der Waals surface area contributed by atoms with Gasteiger partial charge in [0.15, 0.2) is 0 Å². The minimum atomic E-state index is -0.201. The van der Waals surface area contributed by atoms with Gasteiger partial charge in [0.25, 0.3) is 5.91 Å². The van der Waals surface area contributed by atoms with Crippen molar-refractivity contribution in [1.82, 2.24) is 15.1 Å². The first-order valence-electron chi connectivity index (χ1n) is 9.33. The molecule has 0 aliphatic heterocycles. The molecule has 1 aromatic heterocycles. The molecule has 0 aliphatic rings. The summed E-state index contributed by atoms with van der Waals surface area (Å²) in [6.45, 7) is 5.90. The number of hydrogen-bond acceptors (Lipinski definition) is 3. The van der Waals surface area contributed by atoms with Crippen LogP contribution in [0.5, 0.6) is 0 Å². The highest BCUT2D eigenvalue weighted by atomic mass is 35.5. The number of benzene rings is 2. The second-order valence-corrected chi connectivity index (χ2v) is 7.50. The van der Waals surface area contributed by atoms with Crippen molar-refractivity contribution in [3.63, 3.8) is 0 Å². The topological polar surface area (TPSA) is 76.0 Å². The Hall–Kier alpha value is -3.12. The first-order chi connectivity index (χ1) is 13.8. The number of amides is 2. The number of nitrogens with one attached hydrogen (secondary N) is 2. The average molecular weight is 411 g/mol. The summed E-state index contributed by atoms with van der Waals surface area (Å²) >= 11 is 6.04. The van der Waals surface area contributed by atoms with Crippen LogP contribution >= 0.6 is 11.6 Å². The van der Waals surface area contributed by atoms with Gasteiger partial charge < -0.3 is 10.6 Å². The first-order valence-corrected chi connectivity index (χ1v) is 9.71. The van der Waals surface area contributed by atoms with Crippen LogP contribution in [0, 0.1) is 12.8 Å². The van der Waals surface area contributed by atoms with Crippen LogP contribution in [0.4, 0.5) is 5.69 Å². The number of carbonyl (C=O) groups is 2. The van der Waals surface area contributed by atoms with Crippen molar-refractivity contribution in [2.75, 3.05) is 5.32 Å². The van der Waals surface area contributed by atoms with Gasteiger partial charge in [0.2, 0.25) is 5.91 Å². The summed E-state index contributed by atoms with van der Waals surface area (Å²) in [6.07, 6.45) is 1.55. The fourth-order valence-corrected chi connectivity index (χ4v) is 2.96. The highest BCUT2D eigenvalue weighted by Gasteiger charge is 2.15. The van der Waals surface area contributed by atoms with Crippen molar-refractivity contribution in [2.45, 2.75) is 27.3 Å². The summed E-state index contributed by atoms with van der Waals surface area (Å²) in [7, 11) is 0. The number of aromatic nitrogens is 2. The number of halogens is 1. The molecule has 6 nitrogen and oxygen atoms in total. The molecule has 0 radical (unpaired) electrons. The Bertz CT molecular complexity index is 1030. The quantitative estimate of drug-likeness (QED) is 0.634. The molecular formula is C22H23ClN4O2. The van der Waals surface area contributed by atoms with E-state index in [1.54, 1.807) is 23.0 Å². The van der Waals surface area contributed by atoms with Gasteiger partial charge in [0.1, 0.15) is 0 Å². The largest absolute Gasteiger partial charge is 0.348 e. The molecule has 29 heavy (non-hydrogen) atoms. The van der Waals surface area contributed by atoms with Gasteiger partial charge in [-0.25, -0.2) is 4.68 Å². The highest BCUT2D eigenvalue weighted by Crippen LogP contribution is 2.18. The molecule has 3 aromatic rings. The molecule has 7 heteroatoms. The van der Waals surface area contributed by atoms with Crippen LogP contribution in [0.1, 0.15) is 35.5 Å². The number of anilines is 1. The third-order valence-corrected chi connectivity index (χ3v) is 4.74. The molecule has 0 spiro atoms. The summed E-state index contributed by atoms with van der Waals surface area (Å²) in [5, 5.41) is 10.7. The Labute approximate surface area is 174 Å². The molecule has 1 heterocycles. The smallest absolute Gasteiger partial charge is 0.255 e. The number of rotatable bonds is 6. The van der Waals surface area contributed by atoms with Crippen molar-refractivity contribution in [2.24, 2.45) is 5.92 Å². The Morgan fingerprint density at radius 3 is 2.52 bits per heavy atom. The number of nitrogens with zero attached hydrogens (tertiary/aromatic N) is 2. The molecule has 0 saturated carbocycles. The molecule has 2 N–H and O–H groups in total. The van der Waals surface area contributed by atoms with Gasteiger partial charge in [-0.3, -0.25) is 9.59 Å². The predicted molar refractivity (Wildman–Crippen MR) is 114 cm³/mol. The second-order valence-electron chi connectivity index (χ2n) is 7.06. The van der Waals surface area contributed by atoms with E-state index < -0.39 is 0 Å². The SMILES string of the molecule is Cc1c(C(=O)NCc2ccc(NC(=O)C(C)C)cc2)cnn1-c1cccc(Cl)c1. The normalized spacial score (nSPS) is 10.8. The van der Waals surface area contributed by atoms with Gasteiger partial charge in [-0.05, 0) is 42.8 Å². The van der Waals surface area contributed by atoms with E-state index in [1.165, 1.54) is 0 Å². The van der Waals surface area contributed by atoms with Gasteiger partial charge in [-0.2, -0.15) is 5.10 Å². The monoisotopic (exact) mass is 410 g/mol. The van der Waals surface area contributed by atoms with Crippen molar-refractivity contribution in [3.05, 3.63) is 76.6 Å². The minimum Gasteiger partial charge on any atom is -0.348 e. The van der Waals surface area contributed by atoms with Gasteiger partial charge in [-0.1, -0.05) is 43.6 Å². The number of hydrogen-bond donors (Lipinski definition) is 2. The van der Waals surface area contributed by atoms with E-state index >= 15 is 0 Å². The molecule has 2 aromatic carbocycles. The highest BCUT2D eigenvalue weighted by molar-refractivity contribution is 6.30. The Morgan fingerprint density at radius 2 is 1.86 bits per heavy atom. The molecule has 3 rings (SSSR count). The molecule has 0 saturated heterocycles. The maximum Gasteiger partial charge on any atom is 0.255 e. The molecule has 0 unspecified atom stereocenters. The second kappa shape index (κ2) is 8.92. The molecule has 2 amide bonds. The first kappa shape index (κ1) is 20.6. The van der Waals surface area contributed by atoms with Crippen LogP contribution in [0.2, 0.25) is 5.02 Å². The van der Waals surface area contributed by atoms with E-state index in [9.17, 15) is 9.59 Å². The maximum atomic E-state index is 12.6. The summed E-state index contributed by atoms with van der Waals surface area (Å²) in [5.41, 5.74) is 3.70. The lowest BCUT2D eigenvalue weighted by molar-refractivity contribution is -0.118. The van der Waals surface area contributed by atoms with Crippen molar-refractivity contribution in [1.29, 1.82) is 0 Å². The standard InChI is InChI=1S/C22H23ClN4O2/c1-14(2)21(28)26-18-9-7-16(8-10-18)12-24-22(29)20-13-25-27(15(20)3)19-6-4-5-17(23)11-19/h4-11,13-14H,12H2,1-3H3,(H,24,29)(H,26,28). The summed E-state index contributed by atoms with van der Waals surface area (Å²) in [4.78, 5) is 24.3. The predicted octanol–water partition coefficient (Wildman–Crippen LogP) is 4.36. The zero-order valence-electron chi connectivity index (χ0n) is 16.6. The summed E-state index contributed by atoms with van der Waals surface area (Å²) in [6, 6.07) is 14.7. The zero-order chi connectivity index (χ0) is 21.0. The van der Waals surface area contributed by atoms with Gasteiger partial charge >= 0.3 is 0 Å². The lowest BCUT2D eigenvalue weighted by atomic mass is 10.1. The molecule has 0 aliphatic carbocycles. The fourth-order valence-electron chi connectivity index (χ4n) is 2.77. The fraction of sp³-hybridized carbons (Fsp3) is 0.227. The number of carbonyl (C=O) groups excluding carboxylic acids is 2. The van der Waals surface area contributed by atoms with Crippen LogP contribution in [-0.4, -0.2) is 21.6 Å². The zero-order valence-corrected chi connectivity index (χ0v) is 17.3. The lowest BCUT2D eigenvalue weighted by Gasteiger charge is -2.09. The third kappa shape index (κ3) is 5.03. The van der Waals surface area contributed by atoms with Crippen LogP contribution in [0.25, 0.3) is 5.69 Å². The van der Waals surface area contributed by atoms with Crippen molar-refractivity contribution < 1.29 is 9.59 Å². The van der Waals surface area contributed by atoms with E-state index in [0.717, 1.165) is 22.6 Å². The lowest BCUT2D eigenvalue weighted by Crippen LogP contribution is -2.23. The maximum absolute atomic E-state index is 12.6. The Kier molecular flexibility index (Phi) is 6.34. The molecule has 0 bridgehead atoms. The van der Waals surface area contributed by atoms with Crippen LogP contribution in [-0.2, 0) is 11.3 Å². The summed E-state index contributed by atoms with van der Waals surface area (Å²) < 4.78 is 1.69. The Morgan fingerprint density at radius 1 is 1.14 bits per heavy atom. The van der Waals surface area contributed by atoms with E-state index in [0.29, 0.717) is 17.1 Å². The van der Waals surface area contributed by atoms with Gasteiger partial charge in [-0.15, -0.1) is 0 Å². The Balaban J connectivity index is 1.63. The van der Waals surface area contributed by atoms with E-state index in [-0.39, 0.29) is 17.7 Å². The van der Waals surface area contributed by atoms with Crippen molar-refractivity contribution in [3.8, 4) is 5.69 Å². The van der Waals surface area contributed by atoms with Crippen molar-refractivity contribution >= 4 is 29.1 Å². The van der Waals surface area contributed by atoms with Crippen LogP contribution in [0.3, 0.4) is 0 Å². The van der Waals surface area contributed by atoms with E-state index in [4.69, 9.17) is 11.6 Å². The minimum absolute atomic E-state index is 0.0294. The summed E-state index contributed by atoms with van der Waals surface area (Å²) in [5.74, 6) is -0.309. The van der Waals surface area contributed by atoms with Crippen LogP contribution < -0.4 is 10.6 Å². The van der Waals surface area contributed by atoms with Gasteiger partial charge in [0.05, 0.1) is 23.1 Å². The van der Waals surface area contributed by atoms with Gasteiger partial charge in [0, 0.05) is 23.2 Å². The molecule has 150 valence electrons. The molecule has 0 fully saturated rings. The third-order valence-electron chi connectivity index (χ3n) is 4.51. The van der Waals surface area contributed by atoms with Crippen LogP contribution in [0.15, 0.2) is 54.7 Å².